The molecule has 2 aromatic carbocycles. The summed E-state index contributed by atoms with van der Waals surface area (Å²) in [6.07, 6.45) is 1.66. The van der Waals surface area contributed by atoms with Gasteiger partial charge >= 0.3 is 0 Å². The maximum Gasteiger partial charge on any atom is 0.263 e. The maximum absolute atomic E-state index is 12.5. The third kappa shape index (κ3) is 4.05. The van der Waals surface area contributed by atoms with E-state index in [0.717, 1.165) is 28.0 Å². The fourth-order valence-corrected chi connectivity index (χ4v) is 4.49. The molecule has 0 bridgehead atoms. The number of aromatic nitrogens is 3. The number of carbonyl (C=O) groups excluding carboxylic acids is 2. The van der Waals surface area contributed by atoms with Crippen molar-refractivity contribution >= 4 is 50.5 Å². The van der Waals surface area contributed by atoms with E-state index in [-0.39, 0.29) is 18.4 Å². The fourth-order valence-electron chi connectivity index (χ4n) is 3.05. The predicted molar refractivity (Wildman–Crippen MR) is 119 cm³/mol. The molecule has 0 aliphatic heterocycles. The second-order valence-corrected chi connectivity index (χ2v) is 7.92. The molecule has 152 valence electrons. The van der Waals surface area contributed by atoms with E-state index in [2.05, 4.69) is 20.8 Å². The summed E-state index contributed by atoms with van der Waals surface area (Å²) in [5.41, 5.74) is 1.45. The Hall–Kier alpha value is -3.23. The first kappa shape index (κ1) is 20.1. The summed E-state index contributed by atoms with van der Waals surface area (Å²) in [6, 6.07) is 14.9. The molecule has 9 heteroatoms. The van der Waals surface area contributed by atoms with Crippen LogP contribution < -0.4 is 10.6 Å². The third-order valence-corrected chi connectivity index (χ3v) is 6.19. The van der Waals surface area contributed by atoms with E-state index in [1.807, 2.05) is 54.0 Å². The Morgan fingerprint density at radius 1 is 1.17 bits per heavy atom. The van der Waals surface area contributed by atoms with Crippen LogP contribution in [0.15, 0.2) is 54.9 Å². The topological polar surface area (TPSA) is 88.9 Å². The molecule has 0 aliphatic rings. The molecule has 0 atom stereocenters. The summed E-state index contributed by atoms with van der Waals surface area (Å²) < 4.78 is 2.84. The summed E-state index contributed by atoms with van der Waals surface area (Å²) >= 11 is 7.62. The van der Waals surface area contributed by atoms with Gasteiger partial charge in [-0.2, -0.15) is 0 Å². The van der Waals surface area contributed by atoms with E-state index in [1.165, 1.54) is 11.3 Å². The molecule has 0 saturated carbocycles. The number of nitrogens with one attached hydrogen (secondary N) is 2. The van der Waals surface area contributed by atoms with Gasteiger partial charge in [0.1, 0.15) is 11.2 Å². The summed E-state index contributed by atoms with van der Waals surface area (Å²) in [6.45, 7) is 2.58. The minimum absolute atomic E-state index is 0.168. The van der Waals surface area contributed by atoms with Gasteiger partial charge in [-0.15, -0.1) is 21.5 Å². The first-order valence-electron chi connectivity index (χ1n) is 9.30. The predicted octanol–water partition coefficient (Wildman–Crippen LogP) is 4.20. The zero-order chi connectivity index (χ0) is 21.1. The summed E-state index contributed by atoms with van der Waals surface area (Å²) in [7, 11) is 0. The Labute approximate surface area is 181 Å². The molecular formula is C21H18ClN5O2S. The minimum atomic E-state index is -0.374. The molecule has 0 saturated heterocycles. The van der Waals surface area contributed by atoms with Crippen LogP contribution in [0.3, 0.4) is 0 Å². The number of nitrogens with zero attached hydrogens (tertiary/aromatic N) is 3. The van der Waals surface area contributed by atoms with Gasteiger partial charge in [-0.25, -0.2) is 0 Å². The van der Waals surface area contributed by atoms with Crippen LogP contribution >= 0.6 is 22.9 Å². The molecule has 0 radical (unpaired) electrons. The molecule has 2 heterocycles. The van der Waals surface area contributed by atoms with Crippen molar-refractivity contribution in [3.8, 4) is 11.4 Å². The largest absolute Gasteiger partial charge is 0.342 e. The van der Waals surface area contributed by atoms with Gasteiger partial charge in [-0.1, -0.05) is 41.9 Å². The average molecular weight is 440 g/mol. The molecule has 7 nitrogen and oxygen atoms in total. The molecule has 30 heavy (non-hydrogen) atoms. The molecule has 0 unspecified atom stereocenters. The van der Waals surface area contributed by atoms with Crippen LogP contribution in [0.2, 0.25) is 5.02 Å². The molecule has 2 amide bonds. The molecule has 0 aliphatic carbocycles. The minimum Gasteiger partial charge on any atom is -0.342 e. The lowest BCUT2D eigenvalue weighted by Crippen LogP contribution is -2.32. The van der Waals surface area contributed by atoms with Gasteiger partial charge in [-0.05, 0) is 25.1 Å². The standard InChI is InChI=1S/C21H18ClN5O2S/c1-2-27-12-24-26-20(27)13-6-5-7-14(10-13)25-17(28)11-23-21(29)19-18(22)15-8-3-4-9-16(15)30-19/h3-10,12H,2,11H2,1H3,(H,23,29)(H,25,28). The maximum atomic E-state index is 12.5. The first-order chi connectivity index (χ1) is 14.6. The van der Waals surface area contributed by atoms with Gasteiger partial charge in [0.25, 0.3) is 5.91 Å². The van der Waals surface area contributed by atoms with E-state index >= 15 is 0 Å². The lowest BCUT2D eigenvalue weighted by molar-refractivity contribution is -0.115. The SMILES string of the molecule is CCn1cnnc1-c1cccc(NC(=O)CNC(=O)c2sc3ccccc3c2Cl)c1. The zero-order valence-corrected chi connectivity index (χ0v) is 17.6. The van der Waals surface area contributed by atoms with Gasteiger partial charge in [-0.3, -0.25) is 9.59 Å². The van der Waals surface area contributed by atoms with E-state index in [1.54, 1.807) is 12.4 Å². The highest BCUT2D eigenvalue weighted by molar-refractivity contribution is 7.21. The number of rotatable bonds is 6. The molecule has 2 N–H and O–H groups in total. The van der Waals surface area contributed by atoms with Crippen LogP contribution in [-0.2, 0) is 11.3 Å². The van der Waals surface area contributed by atoms with E-state index < -0.39 is 0 Å². The Kier molecular flexibility index (Phi) is 5.78. The van der Waals surface area contributed by atoms with E-state index in [0.29, 0.717) is 15.6 Å². The quantitative estimate of drug-likeness (QED) is 0.471. The number of thiophene rings is 1. The summed E-state index contributed by atoms with van der Waals surface area (Å²) in [5, 5.41) is 14.7. The smallest absolute Gasteiger partial charge is 0.263 e. The van der Waals surface area contributed by atoms with Crippen molar-refractivity contribution in [2.45, 2.75) is 13.5 Å². The summed E-state index contributed by atoms with van der Waals surface area (Å²) in [4.78, 5) is 25.2. The Morgan fingerprint density at radius 2 is 2.00 bits per heavy atom. The van der Waals surface area contributed by atoms with Crippen molar-refractivity contribution in [3.63, 3.8) is 0 Å². The second-order valence-electron chi connectivity index (χ2n) is 6.49. The van der Waals surface area contributed by atoms with Crippen molar-refractivity contribution in [2.24, 2.45) is 0 Å². The molecule has 2 aromatic heterocycles. The second kappa shape index (κ2) is 8.64. The molecule has 0 spiro atoms. The number of anilines is 1. The number of aryl methyl sites for hydroxylation is 1. The molecule has 4 rings (SSSR count). The molecule has 0 fully saturated rings. The van der Waals surface area contributed by atoms with Gasteiger partial charge in [0.05, 0.1) is 11.6 Å². The van der Waals surface area contributed by atoms with Crippen molar-refractivity contribution in [2.75, 3.05) is 11.9 Å². The van der Waals surface area contributed by atoms with Gasteiger partial charge < -0.3 is 15.2 Å². The normalized spacial score (nSPS) is 10.9. The number of carbonyl (C=O) groups is 2. The van der Waals surface area contributed by atoms with Crippen LogP contribution in [-0.4, -0.2) is 33.1 Å². The monoisotopic (exact) mass is 439 g/mol. The van der Waals surface area contributed by atoms with Crippen LogP contribution in [0.5, 0.6) is 0 Å². The van der Waals surface area contributed by atoms with Crippen molar-refractivity contribution < 1.29 is 9.59 Å². The Balaban J connectivity index is 1.41. The van der Waals surface area contributed by atoms with Crippen LogP contribution in [0, 0.1) is 0 Å². The average Bonchev–Trinajstić information content (AvgIpc) is 3.37. The van der Waals surface area contributed by atoms with Crippen LogP contribution in [0.4, 0.5) is 5.69 Å². The number of fused-ring (bicyclic) bond motifs is 1. The Morgan fingerprint density at radius 3 is 2.80 bits per heavy atom. The van der Waals surface area contributed by atoms with Gasteiger partial charge in [0.15, 0.2) is 5.82 Å². The van der Waals surface area contributed by atoms with Gasteiger partial charge in [0.2, 0.25) is 5.91 Å². The third-order valence-electron chi connectivity index (χ3n) is 4.51. The Bertz CT molecular complexity index is 1230. The van der Waals surface area contributed by atoms with Crippen molar-refractivity contribution in [3.05, 3.63) is 64.8 Å². The first-order valence-corrected chi connectivity index (χ1v) is 10.5. The lowest BCUT2D eigenvalue weighted by Gasteiger charge is -2.09. The van der Waals surface area contributed by atoms with Crippen LogP contribution in [0.1, 0.15) is 16.6 Å². The van der Waals surface area contributed by atoms with Crippen LogP contribution in [0.25, 0.3) is 21.5 Å². The fraction of sp³-hybridized carbons (Fsp3) is 0.143. The number of benzene rings is 2. The highest BCUT2D eigenvalue weighted by Gasteiger charge is 2.17. The number of halogens is 1. The zero-order valence-electron chi connectivity index (χ0n) is 16.1. The van der Waals surface area contributed by atoms with Gasteiger partial charge in [0, 0.05) is 27.9 Å². The lowest BCUT2D eigenvalue weighted by atomic mass is 10.2. The van der Waals surface area contributed by atoms with E-state index in [9.17, 15) is 9.59 Å². The van der Waals surface area contributed by atoms with E-state index in [4.69, 9.17) is 11.6 Å². The van der Waals surface area contributed by atoms with Crippen molar-refractivity contribution in [1.29, 1.82) is 0 Å². The number of hydrogen-bond donors (Lipinski definition) is 2. The number of amides is 2. The molecular weight excluding hydrogens is 422 g/mol. The summed E-state index contributed by atoms with van der Waals surface area (Å²) in [5.74, 6) is 0.0112. The highest BCUT2D eigenvalue weighted by atomic mass is 35.5. The highest BCUT2D eigenvalue weighted by Crippen LogP contribution is 2.34. The number of hydrogen-bond acceptors (Lipinski definition) is 5. The van der Waals surface area contributed by atoms with Crippen molar-refractivity contribution in [1.82, 2.24) is 20.1 Å². The molecule has 4 aromatic rings.